The van der Waals surface area contributed by atoms with E-state index in [9.17, 15) is 4.79 Å². The first-order valence-corrected chi connectivity index (χ1v) is 6.81. The first kappa shape index (κ1) is 12.8. The molecule has 0 aromatic carbocycles. The Kier molecular flexibility index (Phi) is 3.45. The fourth-order valence-electron chi connectivity index (χ4n) is 2.59. The molecular weight excluding hydrogens is 254 g/mol. The van der Waals surface area contributed by atoms with Crippen LogP contribution >= 0.6 is 0 Å². The van der Waals surface area contributed by atoms with Gasteiger partial charge in [0.25, 0.3) is 0 Å². The molecule has 20 heavy (non-hydrogen) atoms. The summed E-state index contributed by atoms with van der Waals surface area (Å²) in [4.78, 5) is 22.3. The van der Waals surface area contributed by atoms with Crippen molar-refractivity contribution in [1.29, 1.82) is 0 Å². The van der Waals surface area contributed by atoms with Crippen LogP contribution in [0.25, 0.3) is 11.4 Å². The van der Waals surface area contributed by atoms with Crippen LogP contribution in [-0.4, -0.2) is 44.1 Å². The fourth-order valence-corrected chi connectivity index (χ4v) is 2.59. The van der Waals surface area contributed by atoms with Gasteiger partial charge in [-0.2, -0.15) is 5.10 Å². The minimum atomic E-state index is 0.136. The minimum absolute atomic E-state index is 0.136. The molecule has 3 heterocycles. The normalized spacial score (nSPS) is 19.1. The summed E-state index contributed by atoms with van der Waals surface area (Å²) in [5, 5.41) is 6.77. The number of likely N-dealkylation sites (tertiary alicyclic amines) is 1. The van der Waals surface area contributed by atoms with E-state index in [-0.39, 0.29) is 11.8 Å². The number of hydrogen-bond acceptors (Lipinski definition) is 4. The van der Waals surface area contributed by atoms with Crippen LogP contribution in [-0.2, 0) is 4.79 Å². The number of rotatable bonds is 2. The Labute approximate surface area is 117 Å². The second kappa shape index (κ2) is 5.40. The Bertz CT molecular complexity index is 578. The number of aromatic amines is 1. The molecule has 1 atom stereocenters. The highest BCUT2D eigenvalue weighted by atomic mass is 16.2. The maximum Gasteiger partial charge on any atom is 0.219 e. The number of aromatic nitrogens is 4. The van der Waals surface area contributed by atoms with Crippen molar-refractivity contribution in [2.75, 3.05) is 13.1 Å². The van der Waals surface area contributed by atoms with Crippen LogP contribution in [0.15, 0.2) is 24.7 Å². The van der Waals surface area contributed by atoms with Gasteiger partial charge in [0, 0.05) is 38.3 Å². The van der Waals surface area contributed by atoms with E-state index in [4.69, 9.17) is 0 Å². The molecule has 0 bridgehead atoms. The summed E-state index contributed by atoms with van der Waals surface area (Å²) < 4.78 is 0. The maximum absolute atomic E-state index is 11.5. The molecule has 1 aliphatic heterocycles. The van der Waals surface area contributed by atoms with Gasteiger partial charge in [-0.3, -0.25) is 19.9 Å². The zero-order valence-electron chi connectivity index (χ0n) is 11.4. The Hall–Kier alpha value is -2.24. The van der Waals surface area contributed by atoms with Gasteiger partial charge in [0.2, 0.25) is 5.91 Å². The molecule has 1 N–H and O–H groups in total. The number of carbonyl (C=O) groups excluding carboxylic acids is 1. The molecule has 0 aliphatic carbocycles. The Morgan fingerprint density at radius 3 is 2.95 bits per heavy atom. The number of nitrogens with one attached hydrogen (secondary N) is 1. The number of hydrogen-bond donors (Lipinski definition) is 1. The molecule has 0 spiro atoms. The molecule has 1 unspecified atom stereocenters. The Morgan fingerprint density at radius 2 is 2.30 bits per heavy atom. The summed E-state index contributed by atoms with van der Waals surface area (Å²) in [6.07, 6.45) is 7.34. The van der Waals surface area contributed by atoms with E-state index < -0.39 is 0 Å². The average Bonchev–Trinajstić information content (AvgIpc) is 3.02. The second-order valence-corrected chi connectivity index (χ2v) is 5.10. The number of amides is 1. The van der Waals surface area contributed by atoms with Crippen molar-refractivity contribution < 1.29 is 4.79 Å². The molecule has 3 rings (SSSR count). The highest BCUT2D eigenvalue weighted by molar-refractivity contribution is 5.73. The van der Waals surface area contributed by atoms with Gasteiger partial charge >= 0.3 is 0 Å². The van der Waals surface area contributed by atoms with Gasteiger partial charge in [-0.25, -0.2) is 0 Å². The van der Waals surface area contributed by atoms with E-state index in [2.05, 4.69) is 20.2 Å². The van der Waals surface area contributed by atoms with E-state index in [1.165, 1.54) is 0 Å². The SMILES string of the molecule is CC(=O)N1CCCC(c2cnc(-c3ccn[nH]3)cn2)C1. The molecule has 1 amide bonds. The summed E-state index contributed by atoms with van der Waals surface area (Å²) in [7, 11) is 0. The van der Waals surface area contributed by atoms with Crippen molar-refractivity contribution in [3.8, 4) is 11.4 Å². The third kappa shape index (κ3) is 2.54. The Balaban J connectivity index is 1.76. The average molecular weight is 271 g/mol. The van der Waals surface area contributed by atoms with Gasteiger partial charge in [-0.15, -0.1) is 0 Å². The van der Waals surface area contributed by atoms with Gasteiger partial charge in [0.1, 0.15) is 5.69 Å². The molecule has 1 saturated heterocycles. The molecular formula is C14H17N5O. The van der Waals surface area contributed by atoms with E-state index in [1.54, 1.807) is 19.3 Å². The summed E-state index contributed by atoms with van der Waals surface area (Å²) in [5.74, 6) is 0.424. The van der Waals surface area contributed by atoms with Crippen molar-refractivity contribution in [3.05, 3.63) is 30.4 Å². The van der Waals surface area contributed by atoms with Crippen LogP contribution in [0, 0.1) is 0 Å². The maximum atomic E-state index is 11.5. The predicted molar refractivity (Wildman–Crippen MR) is 73.8 cm³/mol. The first-order valence-electron chi connectivity index (χ1n) is 6.81. The highest BCUT2D eigenvalue weighted by Crippen LogP contribution is 2.25. The van der Waals surface area contributed by atoms with Gasteiger partial charge in [0.05, 0.1) is 17.6 Å². The molecule has 1 fully saturated rings. The zero-order chi connectivity index (χ0) is 13.9. The van der Waals surface area contributed by atoms with Crippen LogP contribution in [0.3, 0.4) is 0 Å². The molecule has 2 aromatic rings. The van der Waals surface area contributed by atoms with Crippen LogP contribution in [0.2, 0.25) is 0 Å². The molecule has 0 radical (unpaired) electrons. The van der Waals surface area contributed by atoms with Crippen LogP contribution < -0.4 is 0 Å². The quantitative estimate of drug-likeness (QED) is 0.900. The number of H-pyrrole nitrogens is 1. The summed E-state index contributed by atoms with van der Waals surface area (Å²) in [6, 6.07) is 1.86. The second-order valence-electron chi connectivity index (χ2n) is 5.10. The summed E-state index contributed by atoms with van der Waals surface area (Å²) in [5.41, 5.74) is 2.60. The lowest BCUT2D eigenvalue weighted by atomic mass is 9.95. The largest absolute Gasteiger partial charge is 0.342 e. The first-order chi connectivity index (χ1) is 9.74. The zero-order valence-corrected chi connectivity index (χ0v) is 11.4. The monoisotopic (exact) mass is 271 g/mol. The third-order valence-electron chi connectivity index (χ3n) is 3.73. The minimum Gasteiger partial charge on any atom is -0.342 e. The third-order valence-corrected chi connectivity index (χ3v) is 3.73. The molecule has 1 aliphatic rings. The fraction of sp³-hybridized carbons (Fsp3) is 0.429. The van der Waals surface area contributed by atoms with Gasteiger partial charge in [0.15, 0.2) is 0 Å². The van der Waals surface area contributed by atoms with Crippen molar-refractivity contribution in [3.63, 3.8) is 0 Å². The molecule has 104 valence electrons. The number of piperidine rings is 1. The molecule has 6 heteroatoms. The van der Waals surface area contributed by atoms with Crippen molar-refractivity contribution >= 4 is 5.91 Å². The van der Waals surface area contributed by atoms with E-state index in [0.29, 0.717) is 0 Å². The van der Waals surface area contributed by atoms with Crippen LogP contribution in [0.5, 0.6) is 0 Å². The summed E-state index contributed by atoms with van der Waals surface area (Å²) in [6.45, 7) is 3.22. The van der Waals surface area contributed by atoms with Crippen LogP contribution in [0.1, 0.15) is 31.4 Å². The molecule has 0 saturated carbocycles. The highest BCUT2D eigenvalue weighted by Gasteiger charge is 2.24. The van der Waals surface area contributed by atoms with Gasteiger partial charge in [-0.05, 0) is 18.9 Å². The standard InChI is InChI=1S/C14H17N5O/c1-10(20)19-6-2-3-11(9-19)13-7-16-14(8-15-13)12-4-5-17-18-12/h4-5,7-8,11H,2-3,6,9H2,1H3,(H,17,18). The van der Waals surface area contributed by atoms with Crippen molar-refractivity contribution in [2.24, 2.45) is 0 Å². The van der Waals surface area contributed by atoms with E-state index >= 15 is 0 Å². The lowest BCUT2D eigenvalue weighted by Crippen LogP contribution is -2.37. The Morgan fingerprint density at radius 1 is 1.40 bits per heavy atom. The van der Waals surface area contributed by atoms with E-state index in [0.717, 1.165) is 43.0 Å². The van der Waals surface area contributed by atoms with Gasteiger partial charge in [-0.1, -0.05) is 0 Å². The summed E-state index contributed by atoms with van der Waals surface area (Å²) >= 11 is 0. The van der Waals surface area contributed by atoms with Crippen LogP contribution in [0.4, 0.5) is 0 Å². The molecule has 2 aromatic heterocycles. The van der Waals surface area contributed by atoms with Crippen molar-refractivity contribution in [2.45, 2.75) is 25.7 Å². The topological polar surface area (TPSA) is 74.8 Å². The smallest absolute Gasteiger partial charge is 0.219 e. The van der Waals surface area contributed by atoms with E-state index in [1.807, 2.05) is 17.2 Å². The predicted octanol–water partition coefficient (Wildman–Crippen LogP) is 1.59. The lowest BCUT2D eigenvalue weighted by molar-refractivity contribution is -0.130. The van der Waals surface area contributed by atoms with Gasteiger partial charge < -0.3 is 4.90 Å². The number of nitrogens with zero attached hydrogens (tertiary/aromatic N) is 4. The number of carbonyl (C=O) groups is 1. The molecule has 6 nitrogen and oxygen atoms in total. The van der Waals surface area contributed by atoms with Crippen molar-refractivity contribution in [1.82, 2.24) is 25.1 Å². The lowest BCUT2D eigenvalue weighted by Gasteiger charge is -2.31.